The maximum atomic E-state index is 12.9. The maximum Gasteiger partial charge on any atom is 0.123 e. The molecule has 0 saturated carbocycles. The third-order valence-electron chi connectivity index (χ3n) is 4.33. The van der Waals surface area contributed by atoms with Crippen LogP contribution >= 0.6 is 0 Å². The fraction of sp³-hybridized carbons (Fsp3) is 0.412. The van der Waals surface area contributed by atoms with E-state index >= 15 is 0 Å². The SMILES string of the molecule is Cc1[nH]ccc1C1CCNC(Cc2ccc(F)cc2)C1. The van der Waals surface area contributed by atoms with E-state index in [0.29, 0.717) is 12.0 Å². The lowest BCUT2D eigenvalue weighted by molar-refractivity contribution is 0.359. The zero-order valence-corrected chi connectivity index (χ0v) is 11.8. The van der Waals surface area contributed by atoms with Gasteiger partial charge in [-0.3, -0.25) is 0 Å². The monoisotopic (exact) mass is 272 g/mol. The highest BCUT2D eigenvalue weighted by atomic mass is 19.1. The average molecular weight is 272 g/mol. The van der Waals surface area contributed by atoms with Gasteiger partial charge >= 0.3 is 0 Å². The van der Waals surface area contributed by atoms with Crippen LogP contribution in [0.2, 0.25) is 0 Å². The van der Waals surface area contributed by atoms with Gasteiger partial charge in [0.2, 0.25) is 0 Å². The van der Waals surface area contributed by atoms with Crippen LogP contribution in [0, 0.1) is 12.7 Å². The Hall–Kier alpha value is -1.61. The molecule has 0 spiro atoms. The van der Waals surface area contributed by atoms with Crippen LogP contribution in [0.1, 0.15) is 35.6 Å². The molecule has 106 valence electrons. The van der Waals surface area contributed by atoms with Gasteiger partial charge in [0.25, 0.3) is 0 Å². The summed E-state index contributed by atoms with van der Waals surface area (Å²) in [5, 5.41) is 3.59. The van der Waals surface area contributed by atoms with Crippen LogP contribution in [0.25, 0.3) is 0 Å². The maximum absolute atomic E-state index is 12.9. The molecule has 1 aliphatic rings. The Labute approximate surface area is 119 Å². The molecule has 2 aromatic rings. The number of nitrogens with one attached hydrogen (secondary N) is 2. The fourth-order valence-electron chi connectivity index (χ4n) is 3.26. The number of aromatic amines is 1. The van der Waals surface area contributed by atoms with Crippen molar-refractivity contribution in [2.75, 3.05) is 6.54 Å². The van der Waals surface area contributed by atoms with E-state index in [0.717, 1.165) is 19.4 Å². The van der Waals surface area contributed by atoms with E-state index in [1.165, 1.54) is 23.2 Å². The number of H-pyrrole nitrogens is 1. The number of aromatic nitrogens is 1. The first kappa shape index (κ1) is 13.4. The van der Waals surface area contributed by atoms with Crippen molar-refractivity contribution in [2.45, 2.75) is 38.1 Å². The molecule has 1 aromatic heterocycles. The predicted octanol–water partition coefficient (Wildman–Crippen LogP) is 3.54. The van der Waals surface area contributed by atoms with Crippen LogP contribution in [0.15, 0.2) is 36.5 Å². The van der Waals surface area contributed by atoms with Crippen LogP contribution < -0.4 is 5.32 Å². The lowest BCUT2D eigenvalue weighted by Gasteiger charge is -2.30. The van der Waals surface area contributed by atoms with E-state index in [2.05, 4.69) is 23.3 Å². The highest BCUT2D eigenvalue weighted by Gasteiger charge is 2.24. The Morgan fingerprint density at radius 2 is 2.00 bits per heavy atom. The van der Waals surface area contributed by atoms with Gasteiger partial charge < -0.3 is 10.3 Å². The van der Waals surface area contributed by atoms with Gasteiger partial charge in [-0.2, -0.15) is 0 Å². The summed E-state index contributed by atoms with van der Waals surface area (Å²) in [6.07, 6.45) is 5.34. The average Bonchev–Trinajstić information content (AvgIpc) is 2.88. The van der Waals surface area contributed by atoms with E-state index in [4.69, 9.17) is 0 Å². The highest BCUT2D eigenvalue weighted by Crippen LogP contribution is 2.30. The second kappa shape index (κ2) is 5.80. The highest BCUT2D eigenvalue weighted by molar-refractivity contribution is 5.25. The molecule has 2 N–H and O–H groups in total. The molecule has 3 heteroatoms. The molecule has 1 fully saturated rings. The second-order valence-electron chi connectivity index (χ2n) is 5.76. The van der Waals surface area contributed by atoms with Crippen molar-refractivity contribution in [1.82, 2.24) is 10.3 Å². The van der Waals surface area contributed by atoms with E-state index in [-0.39, 0.29) is 5.82 Å². The molecule has 1 aromatic carbocycles. The molecule has 2 unspecified atom stereocenters. The van der Waals surface area contributed by atoms with Gasteiger partial charge in [-0.05, 0) is 68.0 Å². The third-order valence-corrected chi connectivity index (χ3v) is 4.33. The number of rotatable bonds is 3. The number of piperidine rings is 1. The lowest BCUT2D eigenvalue weighted by atomic mass is 9.84. The van der Waals surface area contributed by atoms with Crippen molar-refractivity contribution in [2.24, 2.45) is 0 Å². The van der Waals surface area contributed by atoms with Crippen LogP contribution in [-0.2, 0) is 6.42 Å². The normalized spacial score (nSPS) is 22.9. The number of aryl methyl sites for hydroxylation is 1. The van der Waals surface area contributed by atoms with Crippen molar-refractivity contribution >= 4 is 0 Å². The molecule has 20 heavy (non-hydrogen) atoms. The predicted molar refractivity (Wildman–Crippen MR) is 79.4 cm³/mol. The van der Waals surface area contributed by atoms with Crippen molar-refractivity contribution < 1.29 is 4.39 Å². The third kappa shape index (κ3) is 2.93. The molecule has 2 heterocycles. The van der Waals surface area contributed by atoms with Crippen molar-refractivity contribution in [3.8, 4) is 0 Å². The number of benzene rings is 1. The first-order valence-corrected chi connectivity index (χ1v) is 7.34. The van der Waals surface area contributed by atoms with Gasteiger partial charge in [0, 0.05) is 17.9 Å². The summed E-state index contributed by atoms with van der Waals surface area (Å²) in [6, 6.07) is 9.57. The van der Waals surface area contributed by atoms with Gasteiger partial charge in [0.1, 0.15) is 5.82 Å². The Balaban J connectivity index is 1.66. The van der Waals surface area contributed by atoms with Crippen LogP contribution in [0.4, 0.5) is 4.39 Å². The summed E-state index contributed by atoms with van der Waals surface area (Å²) in [5.74, 6) is 0.471. The molecular weight excluding hydrogens is 251 g/mol. The van der Waals surface area contributed by atoms with Crippen LogP contribution in [0.5, 0.6) is 0 Å². The molecular formula is C17H21FN2. The van der Waals surface area contributed by atoms with Gasteiger partial charge in [-0.15, -0.1) is 0 Å². The number of hydrogen-bond acceptors (Lipinski definition) is 1. The Kier molecular flexibility index (Phi) is 3.88. The smallest absolute Gasteiger partial charge is 0.123 e. The second-order valence-corrected chi connectivity index (χ2v) is 5.76. The number of halogens is 1. The standard InChI is InChI=1S/C17H21FN2/c1-12-17(7-9-19-12)14-6-8-20-16(11-14)10-13-2-4-15(18)5-3-13/h2-5,7,9,14,16,19-20H,6,8,10-11H2,1H3. The van der Waals surface area contributed by atoms with E-state index < -0.39 is 0 Å². The van der Waals surface area contributed by atoms with Crippen molar-refractivity contribution in [3.63, 3.8) is 0 Å². The minimum Gasteiger partial charge on any atom is -0.365 e. The largest absolute Gasteiger partial charge is 0.365 e. The Bertz CT molecular complexity index is 559. The lowest BCUT2D eigenvalue weighted by Crippen LogP contribution is -2.38. The summed E-state index contributed by atoms with van der Waals surface area (Å²) >= 11 is 0. The minimum absolute atomic E-state index is 0.161. The Morgan fingerprint density at radius 3 is 2.70 bits per heavy atom. The van der Waals surface area contributed by atoms with Gasteiger partial charge in [0.05, 0.1) is 0 Å². The van der Waals surface area contributed by atoms with Gasteiger partial charge in [-0.25, -0.2) is 4.39 Å². The van der Waals surface area contributed by atoms with Gasteiger partial charge in [0.15, 0.2) is 0 Å². The van der Waals surface area contributed by atoms with E-state index in [9.17, 15) is 4.39 Å². The first-order valence-electron chi connectivity index (χ1n) is 7.34. The Morgan fingerprint density at radius 1 is 1.20 bits per heavy atom. The summed E-state index contributed by atoms with van der Waals surface area (Å²) in [4.78, 5) is 3.27. The molecule has 1 saturated heterocycles. The molecule has 0 radical (unpaired) electrons. The summed E-state index contributed by atoms with van der Waals surface area (Å²) in [5.41, 5.74) is 3.95. The molecule has 3 rings (SSSR count). The van der Waals surface area contributed by atoms with E-state index in [1.807, 2.05) is 18.3 Å². The minimum atomic E-state index is -0.161. The fourth-order valence-corrected chi connectivity index (χ4v) is 3.26. The molecule has 0 bridgehead atoms. The summed E-state index contributed by atoms with van der Waals surface area (Å²) in [7, 11) is 0. The van der Waals surface area contributed by atoms with Crippen LogP contribution in [-0.4, -0.2) is 17.6 Å². The van der Waals surface area contributed by atoms with Crippen molar-refractivity contribution in [1.29, 1.82) is 0 Å². The van der Waals surface area contributed by atoms with Crippen LogP contribution in [0.3, 0.4) is 0 Å². The molecule has 0 amide bonds. The quantitative estimate of drug-likeness (QED) is 0.879. The first-order chi connectivity index (χ1) is 9.72. The molecule has 0 aliphatic carbocycles. The molecule has 2 atom stereocenters. The number of hydrogen-bond donors (Lipinski definition) is 2. The van der Waals surface area contributed by atoms with Crippen molar-refractivity contribution in [3.05, 3.63) is 59.2 Å². The summed E-state index contributed by atoms with van der Waals surface area (Å²) < 4.78 is 12.9. The van der Waals surface area contributed by atoms with E-state index in [1.54, 1.807) is 12.1 Å². The molecule has 2 nitrogen and oxygen atoms in total. The van der Waals surface area contributed by atoms with Gasteiger partial charge in [-0.1, -0.05) is 12.1 Å². The summed E-state index contributed by atoms with van der Waals surface area (Å²) in [6.45, 7) is 3.20. The zero-order chi connectivity index (χ0) is 13.9. The topological polar surface area (TPSA) is 27.8 Å². The molecule has 1 aliphatic heterocycles. The zero-order valence-electron chi connectivity index (χ0n) is 11.8.